The molecule has 1 aromatic heterocycles. The van der Waals surface area contributed by atoms with Crippen molar-refractivity contribution in [3.8, 4) is 11.3 Å². The second kappa shape index (κ2) is 4.20. The smallest absolute Gasteiger partial charge is 0.172 e. The monoisotopic (exact) mass is 234 g/mol. The molecule has 1 aromatic carbocycles. The van der Waals surface area contributed by atoms with Crippen LogP contribution in [0.15, 0.2) is 22.7 Å². The molecular formula is C13H15FN2O. The maximum absolute atomic E-state index is 13.5. The molecule has 0 spiro atoms. The molecule has 2 rings (SSSR count). The first-order valence-electron chi connectivity index (χ1n) is 5.52. The van der Waals surface area contributed by atoms with Crippen LogP contribution in [0.3, 0.4) is 0 Å². The summed E-state index contributed by atoms with van der Waals surface area (Å²) in [6, 6.07) is 4.97. The molecule has 0 radical (unpaired) electrons. The minimum Gasteiger partial charge on any atom is -0.381 e. The van der Waals surface area contributed by atoms with Crippen molar-refractivity contribution in [2.45, 2.75) is 26.7 Å². The van der Waals surface area contributed by atoms with Gasteiger partial charge in [-0.25, -0.2) is 4.39 Å². The number of aromatic nitrogens is 1. The Kier molecular flexibility index (Phi) is 2.88. The molecular weight excluding hydrogens is 219 g/mol. The lowest BCUT2D eigenvalue weighted by atomic mass is 9.99. The van der Waals surface area contributed by atoms with E-state index in [2.05, 4.69) is 5.16 Å². The fraction of sp³-hybridized carbons (Fsp3) is 0.308. The van der Waals surface area contributed by atoms with E-state index in [4.69, 9.17) is 10.3 Å². The molecule has 90 valence electrons. The van der Waals surface area contributed by atoms with Crippen LogP contribution in [0.25, 0.3) is 11.3 Å². The van der Waals surface area contributed by atoms with Crippen LogP contribution in [0.4, 0.5) is 10.2 Å². The zero-order valence-electron chi connectivity index (χ0n) is 10.1. The Morgan fingerprint density at radius 3 is 2.65 bits per heavy atom. The standard InChI is InChI=1S/C13H15FN2O/c1-7(2)11-12(17-16-13(11)15)9-5-4-8(3)10(14)6-9/h4-7H,1-3H3,(H2,15,16). The average molecular weight is 234 g/mol. The van der Waals surface area contributed by atoms with E-state index in [0.717, 1.165) is 5.56 Å². The third-order valence-electron chi connectivity index (χ3n) is 2.77. The second-order valence-corrected chi connectivity index (χ2v) is 4.43. The first-order valence-corrected chi connectivity index (χ1v) is 5.52. The van der Waals surface area contributed by atoms with Crippen molar-refractivity contribution >= 4 is 5.82 Å². The first kappa shape index (κ1) is 11.6. The van der Waals surface area contributed by atoms with Gasteiger partial charge in [0.25, 0.3) is 0 Å². The van der Waals surface area contributed by atoms with Gasteiger partial charge in [-0.05, 0) is 24.5 Å². The van der Waals surface area contributed by atoms with Gasteiger partial charge in [-0.3, -0.25) is 0 Å². The summed E-state index contributed by atoms with van der Waals surface area (Å²) in [5, 5.41) is 3.75. The highest BCUT2D eigenvalue weighted by Crippen LogP contribution is 2.33. The largest absolute Gasteiger partial charge is 0.381 e. The Bertz CT molecular complexity index is 546. The van der Waals surface area contributed by atoms with E-state index in [1.807, 2.05) is 19.9 Å². The fourth-order valence-electron chi connectivity index (χ4n) is 1.81. The van der Waals surface area contributed by atoms with Crippen molar-refractivity contribution in [2.75, 3.05) is 5.73 Å². The van der Waals surface area contributed by atoms with Gasteiger partial charge in [-0.2, -0.15) is 0 Å². The van der Waals surface area contributed by atoms with Crippen LogP contribution in [0.2, 0.25) is 0 Å². The normalized spacial score (nSPS) is 11.1. The molecule has 0 aliphatic rings. The molecule has 0 aliphatic heterocycles. The maximum Gasteiger partial charge on any atom is 0.172 e. The highest BCUT2D eigenvalue weighted by molar-refractivity contribution is 5.67. The molecule has 4 heteroatoms. The minimum atomic E-state index is -0.257. The summed E-state index contributed by atoms with van der Waals surface area (Å²) in [6.07, 6.45) is 0. The first-order chi connectivity index (χ1) is 8.00. The predicted molar refractivity (Wildman–Crippen MR) is 65.1 cm³/mol. The van der Waals surface area contributed by atoms with Crippen molar-refractivity contribution < 1.29 is 8.91 Å². The van der Waals surface area contributed by atoms with E-state index in [1.54, 1.807) is 13.0 Å². The molecule has 0 bridgehead atoms. The zero-order chi connectivity index (χ0) is 12.6. The summed E-state index contributed by atoms with van der Waals surface area (Å²) >= 11 is 0. The van der Waals surface area contributed by atoms with Crippen molar-refractivity contribution in [2.24, 2.45) is 0 Å². The number of aryl methyl sites for hydroxylation is 1. The molecule has 0 saturated carbocycles. The van der Waals surface area contributed by atoms with Crippen LogP contribution in [-0.4, -0.2) is 5.16 Å². The lowest BCUT2D eigenvalue weighted by Crippen LogP contribution is -1.95. The van der Waals surface area contributed by atoms with E-state index >= 15 is 0 Å². The lowest BCUT2D eigenvalue weighted by molar-refractivity contribution is 0.434. The van der Waals surface area contributed by atoms with E-state index in [-0.39, 0.29) is 11.7 Å². The van der Waals surface area contributed by atoms with Gasteiger partial charge in [-0.1, -0.05) is 31.1 Å². The number of hydrogen-bond donors (Lipinski definition) is 1. The molecule has 0 amide bonds. The number of nitrogen functional groups attached to an aromatic ring is 1. The van der Waals surface area contributed by atoms with E-state index in [0.29, 0.717) is 22.7 Å². The lowest BCUT2D eigenvalue weighted by Gasteiger charge is -2.06. The highest BCUT2D eigenvalue weighted by atomic mass is 19.1. The summed E-state index contributed by atoms with van der Waals surface area (Å²) < 4.78 is 18.7. The van der Waals surface area contributed by atoms with Gasteiger partial charge in [0, 0.05) is 11.1 Å². The van der Waals surface area contributed by atoms with E-state index in [1.165, 1.54) is 6.07 Å². The highest BCUT2D eigenvalue weighted by Gasteiger charge is 2.19. The Balaban J connectivity index is 2.56. The van der Waals surface area contributed by atoms with Crippen molar-refractivity contribution in [3.63, 3.8) is 0 Å². The summed E-state index contributed by atoms with van der Waals surface area (Å²) in [6.45, 7) is 5.71. The third-order valence-corrected chi connectivity index (χ3v) is 2.77. The maximum atomic E-state index is 13.5. The Labute approximate surface area is 99.4 Å². The number of rotatable bonds is 2. The minimum absolute atomic E-state index is 0.181. The van der Waals surface area contributed by atoms with E-state index < -0.39 is 0 Å². The molecule has 1 heterocycles. The summed E-state index contributed by atoms with van der Waals surface area (Å²) in [4.78, 5) is 0. The summed E-state index contributed by atoms with van der Waals surface area (Å²) in [5.74, 6) is 0.847. The van der Waals surface area contributed by atoms with Crippen molar-refractivity contribution in [1.82, 2.24) is 5.16 Å². The second-order valence-electron chi connectivity index (χ2n) is 4.43. The van der Waals surface area contributed by atoms with Gasteiger partial charge in [-0.15, -0.1) is 0 Å². The Morgan fingerprint density at radius 1 is 1.35 bits per heavy atom. The van der Waals surface area contributed by atoms with Gasteiger partial charge >= 0.3 is 0 Å². The fourth-order valence-corrected chi connectivity index (χ4v) is 1.81. The van der Waals surface area contributed by atoms with Gasteiger partial charge < -0.3 is 10.3 Å². The van der Waals surface area contributed by atoms with Crippen LogP contribution >= 0.6 is 0 Å². The number of halogens is 1. The third kappa shape index (κ3) is 2.02. The Hall–Kier alpha value is -1.84. The van der Waals surface area contributed by atoms with E-state index in [9.17, 15) is 4.39 Å². The van der Waals surface area contributed by atoms with Crippen LogP contribution in [-0.2, 0) is 0 Å². The quantitative estimate of drug-likeness (QED) is 0.865. The van der Waals surface area contributed by atoms with Gasteiger partial charge in [0.05, 0.1) is 0 Å². The number of nitrogens with two attached hydrogens (primary N) is 1. The van der Waals surface area contributed by atoms with Gasteiger partial charge in [0.1, 0.15) is 5.82 Å². The number of hydrogen-bond acceptors (Lipinski definition) is 3. The molecule has 0 unspecified atom stereocenters. The van der Waals surface area contributed by atoms with Crippen LogP contribution in [0, 0.1) is 12.7 Å². The average Bonchev–Trinajstić information content (AvgIpc) is 2.64. The zero-order valence-corrected chi connectivity index (χ0v) is 10.1. The van der Waals surface area contributed by atoms with Crippen LogP contribution in [0.1, 0.15) is 30.9 Å². The molecule has 0 saturated heterocycles. The SMILES string of the molecule is Cc1ccc(-c2onc(N)c2C(C)C)cc1F. The van der Waals surface area contributed by atoms with Crippen LogP contribution in [0.5, 0.6) is 0 Å². The number of nitrogens with zero attached hydrogens (tertiary/aromatic N) is 1. The molecule has 17 heavy (non-hydrogen) atoms. The number of anilines is 1. The van der Waals surface area contributed by atoms with Crippen LogP contribution < -0.4 is 5.73 Å². The molecule has 0 aliphatic carbocycles. The summed E-state index contributed by atoms with van der Waals surface area (Å²) in [7, 11) is 0. The molecule has 3 nitrogen and oxygen atoms in total. The Morgan fingerprint density at radius 2 is 2.06 bits per heavy atom. The molecule has 2 N–H and O–H groups in total. The van der Waals surface area contributed by atoms with Crippen molar-refractivity contribution in [1.29, 1.82) is 0 Å². The van der Waals surface area contributed by atoms with Gasteiger partial charge in [0.2, 0.25) is 0 Å². The number of benzene rings is 1. The van der Waals surface area contributed by atoms with Crippen molar-refractivity contribution in [3.05, 3.63) is 35.1 Å². The topological polar surface area (TPSA) is 52.0 Å². The summed E-state index contributed by atoms with van der Waals surface area (Å²) in [5.41, 5.74) is 7.85. The molecule has 2 aromatic rings. The molecule has 0 fully saturated rings. The predicted octanol–water partition coefficient (Wildman–Crippen LogP) is 3.49. The van der Waals surface area contributed by atoms with Gasteiger partial charge in [0.15, 0.2) is 11.6 Å². The molecule has 0 atom stereocenters.